The van der Waals surface area contributed by atoms with E-state index in [1.165, 1.54) is 10.5 Å². The standard InChI is InChI=1S/C5H13Ge.BrH/c1-4-6(3)5-2;/h4-5H2,1-3H3;1H/q+1;/p-1. The smallest absolute Gasteiger partial charge is 1.00 e. The minimum absolute atomic E-state index is 0. The first-order valence-electron chi connectivity index (χ1n) is 2.62. The van der Waals surface area contributed by atoms with Gasteiger partial charge in [0, 0.05) is 0 Å². The van der Waals surface area contributed by atoms with Crippen LogP contribution in [0.15, 0.2) is 0 Å². The number of rotatable bonds is 2. The van der Waals surface area contributed by atoms with Crippen LogP contribution in [0.2, 0.25) is 16.3 Å². The SMILES string of the molecule is C[CH2][Ge+]([CH3])[CH2]C.[Br-]. The van der Waals surface area contributed by atoms with Crippen molar-refractivity contribution in [3.05, 3.63) is 0 Å². The van der Waals surface area contributed by atoms with Crippen LogP contribution >= 0.6 is 0 Å². The molecule has 0 bridgehead atoms. The van der Waals surface area contributed by atoms with Crippen molar-refractivity contribution in [3.8, 4) is 0 Å². The fourth-order valence-electron chi connectivity index (χ4n) is 0.250. The molecule has 0 fully saturated rings. The zero-order chi connectivity index (χ0) is 4.99. The third-order valence-electron chi connectivity index (χ3n) is 1.21. The van der Waals surface area contributed by atoms with Crippen LogP contribution in [0.1, 0.15) is 13.8 Å². The summed E-state index contributed by atoms with van der Waals surface area (Å²) < 4.78 is 0. The van der Waals surface area contributed by atoms with E-state index in [0.717, 1.165) is 0 Å². The summed E-state index contributed by atoms with van der Waals surface area (Å²) in [4.78, 5) is 0. The Morgan fingerprint density at radius 3 is 1.43 bits per heavy atom. The van der Waals surface area contributed by atoms with E-state index in [1.807, 2.05) is 0 Å². The van der Waals surface area contributed by atoms with Gasteiger partial charge < -0.3 is 17.0 Å². The molecule has 0 aromatic rings. The van der Waals surface area contributed by atoms with E-state index < -0.39 is 0 Å². The van der Waals surface area contributed by atoms with E-state index in [9.17, 15) is 0 Å². The van der Waals surface area contributed by atoms with Gasteiger partial charge in [-0.25, -0.2) is 0 Å². The van der Waals surface area contributed by atoms with Crippen molar-refractivity contribution in [3.63, 3.8) is 0 Å². The molecule has 0 nitrogen and oxygen atoms in total. The second-order valence-electron chi connectivity index (χ2n) is 1.66. The number of halogens is 1. The van der Waals surface area contributed by atoms with Crippen LogP contribution in [0.4, 0.5) is 0 Å². The molecular formula is C5H13BrGe. The molecule has 0 rings (SSSR count). The van der Waals surface area contributed by atoms with E-state index in [2.05, 4.69) is 19.6 Å². The molecule has 0 heterocycles. The first kappa shape index (κ1) is 10.9. The summed E-state index contributed by atoms with van der Waals surface area (Å²) in [6.45, 7) is 4.61. The van der Waals surface area contributed by atoms with Gasteiger partial charge in [0.05, 0.1) is 0 Å². The zero-order valence-electron chi connectivity index (χ0n) is 5.29. The first-order chi connectivity index (χ1) is 2.81. The van der Waals surface area contributed by atoms with Crippen LogP contribution in [-0.2, 0) is 0 Å². The number of hydrogen-bond acceptors (Lipinski definition) is 0. The monoisotopic (exact) mass is 226 g/mol. The van der Waals surface area contributed by atoms with Crippen LogP contribution in [-0.4, -0.2) is 14.3 Å². The maximum Gasteiger partial charge on any atom is -1.00 e. The van der Waals surface area contributed by atoms with Gasteiger partial charge in [-0.05, 0) is 0 Å². The molecule has 0 aliphatic heterocycles. The van der Waals surface area contributed by atoms with E-state index >= 15 is 0 Å². The van der Waals surface area contributed by atoms with Gasteiger partial charge in [-0.15, -0.1) is 0 Å². The molecule has 0 aromatic carbocycles. The van der Waals surface area contributed by atoms with Crippen LogP contribution in [0.25, 0.3) is 0 Å². The number of hydrogen-bond donors (Lipinski definition) is 0. The Balaban J connectivity index is 0. The van der Waals surface area contributed by atoms with E-state index in [4.69, 9.17) is 0 Å². The van der Waals surface area contributed by atoms with Gasteiger partial charge in [-0.1, -0.05) is 0 Å². The Labute approximate surface area is 61.6 Å². The summed E-state index contributed by atoms with van der Waals surface area (Å²) in [6, 6.07) is 0. The van der Waals surface area contributed by atoms with Gasteiger partial charge in [-0.3, -0.25) is 0 Å². The van der Waals surface area contributed by atoms with Crippen LogP contribution in [0.5, 0.6) is 0 Å². The van der Waals surface area contributed by atoms with Crippen molar-refractivity contribution in [2.45, 2.75) is 30.1 Å². The second kappa shape index (κ2) is 7.02. The van der Waals surface area contributed by atoms with Crippen molar-refractivity contribution in [1.82, 2.24) is 0 Å². The topological polar surface area (TPSA) is 0 Å². The molecule has 0 spiro atoms. The fraction of sp³-hybridized carbons (Fsp3) is 1.00. The Hall–Kier alpha value is 1.02. The van der Waals surface area contributed by atoms with Gasteiger partial charge in [0.1, 0.15) is 0 Å². The largest absolute Gasteiger partial charge is 1.00 e. The Morgan fingerprint density at radius 1 is 1.14 bits per heavy atom. The van der Waals surface area contributed by atoms with Crippen LogP contribution in [0, 0.1) is 0 Å². The molecule has 0 saturated heterocycles. The van der Waals surface area contributed by atoms with Crippen LogP contribution < -0.4 is 17.0 Å². The van der Waals surface area contributed by atoms with Crippen molar-refractivity contribution in [2.75, 3.05) is 0 Å². The molecular weight excluding hydrogens is 213 g/mol. The van der Waals surface area contributed by atoms with Crippen molar-refractivity contribution in [2.24, 2.45) is 0 Å². The summed E-state index contributed by atoms with van der Waals surface area (Å²) in [5, 5.41) is 2.99. The van der Waals surface area contributed by atoms with Gasteiger partial charge in [-0.2, -0.15) is 0 Å². The molecule has 0 radical (unpaired) electrons. The van der Waals surface area contributed by atoms with E-state index in [0.29, 0.717) is 0 Å². The molecule has 0 aromatic heterocycles. The third-order valence-corrected chi connectivity index (χ3v) is 6.27. The van der Waals surface area contributed by atoms with Gasteiger partial charge in [0.2, 0.25) is 0 Å². The predicted molar refractivity (Wildman–Crippen MR) is 32.6 cm³/mol. The first-order valence-corrected chi connectivity index (χ1v) is 7.69. The quantitative estimate of drug-likeness (QED) is 0.538. The Kier molecular flexibility index (Phi) is 10.9. The van der Waals surface area contributed by atoms with Crippen LogP contribution in [0.3, 0.4) is 0 Å². The predicted octanol–water partition coefficient (Wildman–Crippen LogP) is -0.845. The third kappa shape index (κ3) is 7.02. The average molecular weight is 226 g/mol. The summed E-state index contributed by atoms with van der Waals surface area (Å²) in [5.74, 6) is 2.44. The normalized spacial score (nSPS) is 7.29. The molecule has 0 saturated carbocycles. The summed E-state index contributed by atoms with van der Waals surface area (Å²) in [5.41, 5.74) is 0. The van der Waals surface area contributed by atoms with E-state index in [1.54, 1.807) is 0 Å². The van der Waals surface area contributed by atoms with Crippen molar-refractivity contribution < 1.29 is 17.0 Å². The van der Waals surface area contributed by atoms with Gasteiger partial charge >= 0.3 is 44.5 Å². The molecule has 0 unspecified atom stereocenters. The Bertz CT molecular complexity index is 27.3. The summed E-state index contributed by atoms with van der Waals surface area (Å²) in [6.07, 6.45) is 0. The Morgan fingerprint density at radius 2 is 1.43 bits per heavy atom. The summed E-state index contributed by atoms with van der Waals surface area (Å²) in [7, 11) is 0. The maximum atomic E-state index is 2.44. The second-order valence-corrected chi connectivity index (χ2v) is 8.65. The minimum Gasteiger partial charge on any atom is -1.00 e. The fourth-order valence-corrected chi connectivity index (χ4v) is 1.30. The van der Waals surface area contributed by atoms with Crippen molar-refractivity contribution in [1.29, 1.82) is 0 Å². The van der Waals surface area contributed by atoms with Crippen molar-refractivity contribution >= 4 is 14.3 Å². The molecule has 0 N–H and O–H groups in total. The van der Waals surface area contributed by atoms with E-state index in [-0.39, 0.29) is 31.3 Å². The van der Waals surface area contributed by atoms with Gasteiger partial charge in [0.25, 0.3) is 0 Å². The zero-order valence-corrected chi connectivity index (χ0v) is 8.98. The molecule has 0 amide bonds. The van der Waals surface area contributed by atoms with Gasteiger partial charge in [0.15, 0.2) is 0 Å². The molecule has 44 valence electrons. The minimum atomic E-state index is -0.380. The summed E-state index contributed by atoms with van der Waals surface area (Å²) >= 11 is -0.380. The maximum absolute atomic E-state index is 2.44. The molecule has 0 aliphatic rings. The molecule has 7 heavy (non-hydrogen) atoms. The molecule has 0 aliphatic carbocycles. The average Bonchev–Trinajstić information content (AvgIpc) is 1.65. The molecule has 0 atom stereocenters. The molecule has 2 heteroatoms.